The molecule has 0 saturated carbocycles. The predicted molar refractivity (Wildman–Crippen MR) is 66.0 cm³/mol. The first kappa shape index (κ1) is 12.5. The number of rotatable bonds is 2. The van der Waals surface area contributed by atoms with Crippen molar-refractivity contribution in [2.75, 3.05) is 20.8 Å². The molecule has 1 heterocycles. The summed E-state index contributed by atoms with van der Waals surface area (Å²) in [6.45, 7) is 0.651. The van der Waals surface area contributed by atoms with Gasteiger partial charge in [0.25, 0.3) is 0 Å². The molecule has 1 unspecified atom stereocenters. The molecule has 1 aliphatic heterocycles. The maximum Gasteiger partial charge on any atom is 0.407 e. The first-order valence-electron chi connectivity index (χ1n) is 5.90. The fraction of sp³-hybridized carbons (Fsp3) is 0.462. The van der Waals surface area contributed by atoms with E-state index in [4.69, 9.17) is 9.47 Å². The van der Waals surface area contributed by atoms with E-state index < -0.39 is 6.09 Å². The summed E-state index contributed by atoms with van der Waals surface area (Å²) in [7, 11) is 2.97. The van der Waals surface area contributed by atoms with Gasteiger partial charge in [-0.05, 0) is 31.0 Å². The molecule has 18 heavy (non-hydrogen) atoms. The standard InChI is InChI=1S/C13H17NO4/c1-16-9-5-6-12-10(8-9)11(4-3-7-18-12)14-13(15)17-2/h5-6,8,11H,3-4,7H2,1-2H3,(H,14,15). The Morgan fingerprint density at radius 3 is 3.00 bits per heavy atom. The SMILES string of the molecule is COC(=O)NC1CCCOc2ccc(OC)cc21. The molecule has 0 saturated heterocycles. The van der Waals surface area contributed by atoms with E-state index in [0.717, 1.165) is 29.9 Å². The fourth-order valence-corrected chi connectivity index (χ4v) is 2.03. The van der Waals surface area contributed by atoms with E-state index in [2.05, 4.69) is 10.1 Å². The minimum absolute atomic E-state index is 0.106. The highest BCUT2D eigenvalue weighted by molar-refractivity contribution is 5.68. The molecule has 1 atom stereocenters. The van der Waals surface area contributed by atoms with Gasteiger partial charge in [-0.3, -0.25) is 0 Å². The second kappa shape index (κ2) is 5.62. The number of hydrogen-bond donors (Lipinski definition) is 1. The molecule has 0 radical (unpaired) electrons. The molecule has 1 aromatic rings. The van der Waals surface area contributed by atoms with Crippen LogP contribution in [0.2, 0.25) is 0 Å². The van der Waals surface area contributed by atoms with Crippen LogP contribution in [-0.4, -0.2) is 26.9 Å². The summed E-state index contributed by atoms with van der Waals surface area (Å²) in [6, 6.07) is 5.50. The van der Waals surface area contributed by atoms with Gasteiger partial charge in [-0.25, -0.2) is 4.79 Å². The van der Waals surface area contributed by atoms with Crippen LogP contribution < -0.4 is 14.8 Å². The quantitative estimate of drug-likeness (QED) is 0.876. The van der Waals surface area contributed by atoms with Gasteiger partial charge in [0.15, 0.2) is 0 Å². The summed E-state index contributed by atoms with van der Waals surface area (Å²) in [5.41, 5.74) is 0.928. The summed E-state index contributed by atoms with van der Waals surface area (Å²) < 4.78 is 15.5. The monoisotopic (exact) mass is 251 g/mol. The van der Waals surface area contributed by atoms with Gasteiger partial charge < -0.3 is 19.5 Å². The predicted octanol–water partition coefficient (Wildman–Crippen LogP) is 2.26. The van der Waals surface area contributed by atoms with Crippen molar-refractivity contribution < 1.29 is 19.0 Å². The van der Waals surface area contributed by atoms with Gasteiger partial charge >= 0.3 is 6.09 Å². The van der Waals surface area contributed by atoms with Crippen molar-refractivity contribution >= 4 is 6.09 Å². The summed E-state index contributed by atoms with van der Waals surface area (Å²) in [5, 5.41) is 2.82. The maximum absolute atomic E-state index is 11.4. The number of amides is 1. The summed E-state index contributed by atoms with van der Waals surface area (Å²) in [5.74, 6) is 1.53. The van der Waals surface area contributed by atoms with Crippen molar-refractivity contribution in [3.8, 4) is 11.5 Å². The van der Waals surface area contributed by atoms with Crippen molar-refractivity contribution in [3.05, 3.63) is 23.8 Å². The Bertz CT molecular complexity index is 433. The van der Waals surface area contributed by atoms with Crippen LogP contribution >= 0.6 is 0 Å². The summed E-state index contributed by atoms with van der Waals surface area (Å²) in [6.07, 6.45) is 1.26. The van der Waals surface area contributed by atoms with E-state index in [-0.39, 0.29) is 6.04 Å². The van der Waals surface area contributed by atoms with Gasteiger partial charge in [0.2, 0.25) is 0 Å². The Morgan fingerprint density at radius 1 is 1.44 bits per heavy atom. The lowest BCUT2D eigenvalue weighted by molar-refractivity contribution is 0.166. The lowest BCUT2D eigenvalue weighted by atomic mass is 10.0. The Hall–Kier alpha value is -1.91. The molecule has 1 aliphatic rings. The Morgan fingerprint density at radius 2 is 2.28 bits per heavy atom. The number of carbonyl (C=O) groups is 1. The van der Waals surface area contributed by atoms with Crippen LogP contribution in [-0.2, 0) is 4.74 Å². The molecule has 0 aliphatic carbocycles. The smallest absolute Gasteiger partial charge is 0.407 e. The molecule has 0 bridgehead atoms. The zero-order valence-corrected chi connectivity index (χ0v) is 10.6. The van der Waals surface area contributed by atoms with Crippen LogP contribution in [0.1, 0.15) is 24.4 Å². The van der Waals surface area contributed by atoms with E-state index in [1.165, 1.54) is 7.11 Å². The van der Waals surface area contributed by atoms with Gasteiger partial charge in [-0.15, -0.1) is 0 Å². The van der Waals surface area contributed by atoms with Crippen molar-refractivity contribution in [2.45, 2.75) is 18.9 Å². The Labute approximate surface area is 106 Å². The van der Waals surface area contributed by atoms with Gasteiger partial charge in [0, 0.05) is 5.56 Å². The minimum atomic E-state index is -0.435. The van der Waals surface area contributed by atoms with Crippen LogP contribution in [0.4, 0.5) is 4.79 Å². The van der Waals surface area contributed by atoms with Gasteiger partial charge in [-0.1, -0.05) is 0 Å². The number of nitrogens with one attached hydrogen (secondary N) is 1. The third kappa shape index (κ3) is 2.67. The summed E-state index contributed by atoms with van der Waals surface area (Å²) >= 11 is 0. The first-order valence-corrected chi connectivity index (χ1v) is 5.90. The largest absolute Gasteiger partial charge is 0.497 e. The van der Waals surface area contributed by atoms with Gasteiger partial charge in [-0.2, -0.15) is 0 Å². The number of carbonyl (C=O) groups excluding carboxylic acids is 1. The topological polar surface area (TPSA) is 56.8 Å². The second-order valence-corrected chi connectivity index (χ2v) is 4.08. The molecule has 2 rings (SSSR count). The minimum Gasteiger partial charge on any atom is -0.497 e. The molecule has 0 aromatic heterocycles. The van der Waals surface area contributed by atoms with E-state index in [1.54, 1.807) is 7.11 Å². The molecular formula is C13H17NO4. The van der Waals surface area contributed by atoms with Crippen molar-refractivity contribution in [3.63, 3.8) is 0 Å². The number of alkyl carbamates (subject to hydrolysis) is 1. The first-order chi connectivity index (χ1) is 8.74. The molecule has 1 aromatic carbocycles. The van der Waals surface area contributed by atoms with Crippen LogP contribution in [0, 0.1) is 0 Å². The summed E-state index contributed by atoms with van der Waals surface area (Å²) in [4.78, 5) is 11.4. The van der Waals surface area contributed by atoms with Crippen molar-refractivity contribution in [2.24, 2.45) is 0 Å². The Balaban J connectivity index is 2.29. The molecule has 0 fully saturated rings. The highest BCUT2D eigenvalue weighted by Gasteiger charge is 2.22. The highest BCUT2D eigenvalue weighted by Crippen LogP contribution is 2.34. The third-order valence-corrected chi connectivity index (χ3v) is 2.96. The average molecular weight is 251 g/mol. The molecule has 1 amide bonds. The maximum atomic E-state index is 11.4. The normalized spacial score (nSPS) is 18.0. The highest BCUT2D eigenvalue weighted by atomic mass is 16.5. The number of ether oxygens (including phenoxy) is 3. The molecule has 5 nitrogen and oxygen atoms in total. The van der Waals surface area contributed by atoms with Crippen LogP contribution in [0.15, 0.2) is 18.2 Å². The van der Waals surface area contributed by atoms with Gasteiger partial charge in [0.1, 0.15) is 11.5 Å². The zero-order chi connectivity index (χ0) is 13.0. The third-order valence-electron chi connectivity index (χ3n) is 2.96. The van der Waals surface area contributed by atoms with Crippen molar-refractivity contribution in [1.82, 2.24) is 5.32 Å². The average Bonchev–Trinajstić information content (AvgIpc) is 2.60. The number of fused-ring (bicyclic) bond motifs is 1. The van der Waals surface area contributed by atoms with Crippen LogP contribution in [0.5, 0.6) is 11.5 Å². The van der Waals surface area contributed by atoms with E-state index in [9.17, 15) is 4.79 Å². The van der Waals surface area contributed by atoms with E-state index in [1.807, 2.05) is 18.2 Å². The number of benzene rings is 1. The second-order valence-electron chi connectivity index (χ2n) is 4.08. The number of methoxy groups -OCH3 is 2. The Kier molecular flexibility index (Phi) is 3.92. The molecular weight excluding hydrogens is 234 g/mol. The lowest BCUT2D eigenvalue weighted by Gasteiger charge is -2.18. The van der Waals surface area contributed by atoms with Gasteiger partial charge in [0.05, 0.1) is 26.9 Å². The van der Waals surface area contributed by atoms with Crippen LogP contribution in [0.25, 0.3) is 0 Å². The molecule has 1 N–H and O–H groups in total. The van der Waals surface area contributed by atoms with Crippen molar-refractivity contribution in [1.29, 1.82) is 0 Å². The molecule has 98 valence electrons. The fourth-order valence-electron chi connectivity index (χ4n) is 2.03. The number of hydrogen-bond acceptors (Lipinski definition) is 4. The lowest BCUT2D eigenvalue weighted by Crippen LogP contribution is -2.28. The van der Waals surface area contributed by atoms with E-state index in [0.29, 0.717) is 6.61 Å². The molecule has 0 spiro atoms. The van der Waals surface area contributed by atoms with E-state index >= 15 is 0 Å². The molecule has 5 heteroatoms. The van der Waals surface area contributed by atoms with Crippen LogP contribution in [0.3, 0.4) is 0 Å². The zero-order valence-electron chi connectivity index (χ0n) is 10.6.